The lowest BCUT2D eigenvalue weighted by Crippen LogP contribution is -2.49. The number of aliphatic carboxylic acids is 1. The van der Waals surface area contributed by atoms with Gasteiger partial charge in [0.05, 0.1) is 19.3 Å². The smallest absolute Gasteiger partial charge is 0.313 e. The number of carboxylic acid groups (broad SMARTS) is 1. The highest BCUT2D eigenvalue weighted by atomic mass is 79.9. The van der Waals surface area contributed by atoms with E-state index in [0.717, 1.165) is 0 Å². The van der Waals surface area contributed by atoms with E-state index in [1.54, 1.807) is 19.1 Å². The number of carbonyl (C=O) groups excluding carboxylic acids is 1. The number of hydrogen-bond acceptors (Lipinski definition) is 4. The van der Waals surface area contributed by atoms with Crippen LogP contribution in [0.3, 0.4) is 0 Å². The van der Waals surface area contributed by atoms with Crippen LogP contribution >= 0.6 is 15.9 Å². The molecule has 1 saturated heterocycles. The summed E-state index contributed by atoms with van der Waals surface area (Å²) in [6.07, 6.45) is 0. The van der Waals surface area contributed by atoms with Gasteiger partial charge in [0, 0.05) is 15.7 Å². The van der Waals surface area contributed by atoms with Crippen molar-refractivity contribution in [2.24, 2.45) is 5.41 Å². The molecule has 0 saturated carbocycles. The maximum Gasteiger partial charge on any atom is 0.313 e. The molecule has 0 aliphatic carbocycles. The van der Waals surface area contributed by atoms with Crippen LogP contribution in [0.5, 0.6) is 0 Å². The first-order chi connectivity index (χ1) is 9.34. The van der Waals surface area contributed by atoms with Crippen LogP contribution in [-0.4, -0.2) is 36.2 Å². The molecule has 2 atom stereocenters. The van der Waals surface area contributed by atoms with Crippen LogP contribution in [0.4, 0.5) is 5.69 Å². The lowest BCUT2D eigenvalue weighted by Gasteiger charge is -2.25. The van der Waals surface area contributed by atoms with Crippen molar-refractivity contribution in [2.75, 3.05) is 18.9 Å². The van der Waals surface area contributed by atoms with Crippen LogP contribution in [0.15, 0.2) is 22.7 Å². The first kappa shape index (κ1) is 14.8. The number of hydrogen-bond donors (Lipinski definition) is 3. The van der Waals surface area contributed by atoms with Crippen molar-refractivity contribution in [1.29, 1.82) is 0 Å². The number of benzene rings is 1. The minimum Gasteiger partial charge on any atom is -0.481 e. The van der Waals surface area contributed by atoms with Crippen molar-refractivity contribution < 1.29 is 19.4 Å². The van der Waals surface area contributed by atoms with E-state index in [1.807, 2.05) is 0 Å². The number of rotatable bonds is 3. The average Bonchev–Trinajstić information content (AvgIpc) is 2.75. The molecule has 2 rings (SSSR count). The maximum atomic E-state index is 12.1. The zero-order chi connectivity index (χ0) is 14.9. The highest BCUT2D eigenvalue weighted by Gasteiger charge is 2.47. The van der Waals surface area contributed by atoms with Crippen molar-refractivity contribution in [3.63, 3.8) is 0 Å². The van der Waals surface area contributed by atoms with Gasteiger partial charge in [-0.25, -0.2) is 0 Å². The fraction of sp³-hybridized carbons (Fsp3) is 0.385. The van der Waals surface area contributed by atoms with E-state index in [4.69, 9.17) is 10.5 Å². The molecule has 1 aromatic rings. The molecule has 108 valence electrons. The normalized spacial score (nSPS) is 25.4. The Kier molecular flexibility index (Phi) is 4.01. The van der Waals surface area contributed by atoms with Gasteiger partial charge in [-0.1, -0.05) is 0 Å². The molecular formula is C13H15BrN2O4. The molecule has 4 N–H and O–H groups in total. The predicted molar refractivity (Wildman–Crippen MR) is 76.4 cm³/mol. The Balaban J connectivity index is 2.15. The predicted octanol–water partition coefficient (Wildman–Crippen LogP) is 1.25. The second kappa shape index (κ2) is 5.41. The summed E-state index contributed by atoms with van der Waals surface area (Å²) in [6.45, 7) is 1.82. The Morgan fingerprint density at radius 1 is 1.55 bits per heavy atom. The molecule has 1 aliphatic rings. The van der Waals surface area contributed by atoms with Gasteiger partial charge in [0.25, 0.3) is 5.91 Å². The Morgan fingerprint density at radius 3 is 2.85 bits per heavy atom. The third-order valence-electron chi connectivity index (χ3n) is 3.51. The topological polar surface area (TPSA) is 102 Å². The second-order valence-electron chi connectivity index (χ2n) is 5.00. The van der Waals surface area contributed by atoms with E-state index in [9.17, 15) is 14.7 Å². The Bertz CT molecular complexity index is 563. The van der Waals surface area contributed by atoms with Gasteiger partial charge >= 0.3 is 5.97 Å². The largest absolute Gasteiger partial charge is 0.481 e. The van der Waals surface area contributed by atoms with E-state index >= 15 is 0 Å². The molecule has 0 bridgehead atoms. The number of nitrogen functional groups attached to an aromatic ring is 1. The summed E-state index contributed by atoms with van der Waals surface area (Å²) >= 11 is 3.25. The number of nitrogens with two attached hydrogens (primary N) is 1. The summed E-state index contributed by atoms with van der Waals surface area (Å²) in [7, 11) is 0. The molecule has 7 heteroatoms. The first-order valence-electron chi connectivity index (χ1n) is 6.01. The van der Waals surface area contributed by atoms with E-state index in [0.29, 0.717) is 15.7 Å². The number of ether oxygens (including phenoxy) is 1. The molecule has 1 aliphatic heterocycles. The van der Waals surface area contributed by atoms with E-state index in [-0.39, 0.29) is 19.1 Å². The molecule has 6 nitrogen and oxygen atoms in total. The monoisotopic (exact) mass is 342 g/mol. The Hall–Kier alpha value is -1.60. The van der Waals surface area contributed by atoms with Gasteiger partial charge in [-0.2, -0.15) is 0 Å². The van der Waals surface area contributed by atoms with Crippen LogP contribution in [0.1, 0.15) is 17.3 Å². The number of nitrogens with one attached hydrogen (secondary N) is 1. The molecule has 1 aromatic carbocycles. The van der Waals surface area contributed by atoms with Gasteiger partial charge in [0.2, 0.25) is 0 Å². The van der Waals surface area contributed by atoms with Crippen molar-refractivity contribution in [3.05, 3.63) is 28.2 Å². The zero-order valence-corrected chi connectivity index (χ0v) is 12.4. The summed E-state index contributed by atoms with van der Waals surface area (Å²) in [6, 6.07) is 4.25. The standard InChI is InChI=1S/C13H15BrN2O4/c1-13(12(18)19)6-20-5-10(13)16-11(17)7-2-3-8(14)9(15)4-7/h2-4,10H,5-6,15H2,1H3,(H,16,17)(H,18,19). The lowest BCUT2D eigenvalue weighted by molar-refractivity contribution is -0.148. The maximum absolute atomic E-state index is 12.1. The third kappa shape index (κ3) is 2.64. The highest BCUT2D eigenvalue weighted by Crippen LogP contribution is 2.29. The molecule has 0 spiro atoms. The minimum atomic E-state index is -1.11. The number of amides is 1. The van der Waals surface area contributed by atoms with Gasteiger partial charge in [-0.3, -0.25) is 9.59 Å². The van der Waals surface area contributed by atoms with Gasteiger partial charge < -0.3 is 20.9 Å². The minimum absolute atomic E-state index is 0.0791. The fourth-order valence-corrected chi connectivity index (χ4v) is 2.26. The summed E-state index contributed by atoms with van der Waals surface area (Å²) in [5.41, 5.74) is 5.43. The van der Waals surface area contributed by atoms with Crippen LogP contribution < -0.4 is 11.1 Å². The SMILES string of the molecule is CC1(C(=O)O)COCC1NC(=O)c1ccc(Br)c(N)c1. The molecule has 1 fully saturated rings. The van der Waals surface area contributed by atoms with Gasteiger partial charge in [-0.05, 0) is 41.1 Å². The molecule has 1 amide bonds. The molecule has 1 heterocycles. The number of halogens is 1. The Labute approximate surface area is 124 Å². The van der Waals surface area contributed by atoms with Crippen LogP contribution in [0, 0.1) is 5.41 Å². The summed E-state index contributed by atoms with van der Waals surface area (Å²) < 4.78 is 5.89. The highest BCUT2D eigenvalue weighted by molar-refractivity contribution is 9.10. The van der Waals surface area contributed by atoms with Crippen LogP contribution in [-0.2, 0) is 9.53 Å². The van der Waals surface area contributed by atoms with E-state index in [2.05, 4.69) is 21.2 Å². The summed E-state index contributed by atoms with van der Waals surface area (Å²) in [5.74, 6) is -1.36. The van der Waals surface area contributed by atoms with Gasteiger partial charge in [-0.15, -0.1) is 0 Å². The molecule has 20 heavy (non-hydrogen) atoms. The van der Waals surface area contributed by atoms with Gasteiger partial charge in [0.1, 0.15) is 5.41 Å². The van der Waals surface area contributed by atoms with Crippen LogP contribution in [0.25, 0.3) is 0 Å². The second-order valence-corrected chi connectivity index (χ2v) is 5.85. The summed E-state index contributed by atoms with van der Waals surface area (Å²) in [4.78, 5) is 23.4. The zero-order valence-electron chi connectivity index (χ0n) is 10.9. The number of anilines is 1. The Morgan fingerprint density at radius 2 is 2.25 bits per heavy atom. The number of carbonyl (C=O) groups is 2. The van der Waals surface area contributed by atoms with Gasteiger partial charge in [0.15, 0.2) is 0 Å². The van der Waals surface area contributed by atoms with Crippen molar-refractivity contribution in [3.8, 4) is 0 Å². The molecule has 0 radical (unpaired) electrons. The van der Waals surface area contributed by atoms with Crippen molar-refractivity contribution >= 4 is 33.5 Å². The van der Waals surface area contributed by atoms with Crippen LogP contribution in [0.2, 0.25) is 0 Å². The molecule has 0 aromatic heterocycles. The first-order valence-corrected chi connectivity index (χ1v) is 6.81. The average molecular weight is 343 g/mol. The molecular weight excluding hydrogens is 328 g/mol. The third-order valence-corrected chi connectivity index (χ3v) is 4.23. The molecule has 2 unspecified atom stereocenters. The van der Waals surface area contributed by atoms with Crippen molar-refractivity contribution in [2.45, 2.75) is 13.0 Å². The lowest BCUT2D eigenvalue weighted by atomic mass is 9.85. The quantitative estimate of drug-likeness (QED) is 0.717. The van der Waals surface area contributed by atoms with E-state index < -0.39 is 17.4 Å². The van der Waals surface area contributed by atoms with E-state index in [1.165, 1.54) is 6.07 Å². The van der Waals surface area contributed by atoms with Crippen molar-refractivity contribution in [1.82, 2.24) is 5.32 Å². The number of carboxylic acids is 1. The summed E-state index contributed by atoms with van der Waals surface area (Å²) in [5, 5.41) is 11.9. The fourth-order valence-electron chi connectivity index (χ4n) is 2.01.